The molecular weight excluding hydrogens is 353 g/mol. The summed E-state index contributed by atoms with van der Waals surface area (Å²) in [6.45, 7) is 2.30. The summed E-state index contributed by atoms with van der Waals surface area (Å²) in [4.78, 5) is 23.0. The van der Waals surface area contributed by atoms with Crippen LogP contribution >= 0.6 is 0 Å². The van der Waals surface area contributed by atoms with Gasteiger partial charge in [0.1, 0.15) is 12.3 Å². The van der Waals surface area contributed by atoms with Crippen LogP contribution in [0.1, 0.15) is 18.5 Å². The molecule has 0 aliphatic carbocycles. The topological polar surface area (TPSA) is 67.8 Å². The zero-order valence-electron chi connectivity index (χ0n) is 14.5. The van der Waals surface area contributed by atoms with Crippen molar-refractivity contribution in [1.82, 2.24) is 14.9 Å². The maximum absolute atomic E-state index is 12.9. The maximum atomic E-state index is 12.9. The minimum absolute atomic E-state index is 0.0397. The van der Waals surface area contributed by atoms with E-state index in [9.17, 15) is 18.0 Å². The number of amides is 1. The summed E-state index contributed by atoms with van der Waals surface area (Å²) in [6.07, 6.45) is -2.16. The molecule has 0 N–H and O–H groups in total. The number of piperidine rings is 1. The Morgan fingerprint density at radius 2 is 2.08 bits per heavy atom. The number of ether oxygens (including phenoxy) is 2. The number of carbonyl (C=O) groups excluding carboxylic acids is 1. The Hall–Kier alpha value is -1.94. The second kappa shape index (κ2) is 7.36. The molecule has 1 amide bonds. The highest BCUT2D eigenvalue weighted by atomic mass is 19.4. The molecule has 3 heterocycles. The molecule has 0 unspecified atom stereocenters. The quantitative estimate of drug-likeness (QED) is 0.796. The third kappa shape index (κ3) is 4.07. The van der Waals surface area contributed by atoms with Gasteiger partial charge >= 0.3 is 6.18 Å². The highest BCUT2D eigenvalue weighted by Crippen LogP contribution is 2.33. The van der Waals surface area contributed by atoms with Crippen molar-refractivity contribution < 1.29 is 27.4 Å². The number of anilines is 1. The van der Waals surface area contributed by atoms with Gasteiger partial charge in [0.05, 0.1) is 18.8 Å². The fraction of sp³-hybridized carbons (Fsp3) is 0.688. The molecule has 0 bridgehead atoms. The zero-order chi connectivity index (χ0) is 18.8. The summed E-state index contributed by atoms with van der Waals surface area (Å²) >= 11 is 0. The third-order valence-corrected chi connectivity index (χ3v) is 4.76. The van der Waals surface area contributed by atoms with Gasteiger partial charge in [0.2, 0.25) is 11.9 Å². The first-order valence-electron chi connectivity index (χ1n) is 8.39. The van der Waals surface area contributed by atoms with Gasteiger partial charge in [0.25, 0.3) is 0 Å². The first kappa shape index (κ1) is 18.8. The van der Waals surface area contributed by atoms with Crippen LogP contribution in [0.5, 0.6) is 0 Å². The predicted octanol–water partition coefficient (Wildman–Crippen LogP) is 1.34. The molecular formula is C16H21F3N4O3. The van der Waals surface area contributed by atoms with Crippen LogP contribution in [0.2, 0.25) is 0 Å². The Bertz CT molecular complexity index is 648. The Morgan fingerprint density at radius 3 is 2.73 bits per heavy atom. The van der Waals surface area contributed by atoms with Crippen molar-refractivity contribution in [2.75, 3.05) is 51.4 Å². The Morgan fingerprint density at radius 1 is 1.35 bits per heavy atom. The van der Waals surface area contributed by atoms with Crippen molar-refractivity contribution >= 4 is 11.9 Å². The normalized spacial score (nSPS) is 20.5. The largest absolute Gasteiger partial charge is 0.433 e. The standard InChI is InChI=1S/C16H21F3N4O3/c1-25-10-13(24)22-6-3-15(4-7-22)11-23(8-9-26-15)14-20-5-2-12(21-14)16(17,18)19/h2,5H,3-4,6-11H2,1H3. The first-order chi connectivity index (χ1) is 12.3. The molecule has 10 heteroatoms. The van der Waals surface area contributed by atoms with Crippen LogP contribution in [0.4, 0.5) is 19.1 Å². The van der Waals surface area contributed by atoms with Crippen molar-refractivity contribution in [2.24, 2.45) is 0 Å². The lowest BCUT2D eigenvalue weighted by atomic mass is 9.89. The number of rotatable bonds is 3. The second-order valence-electron chi connectivity index (χ2n) is 6.51. The van der Waals surface area contributed by atoms with Crippen LogP contribution in [0.3, 0.4) is 0 Å². The van der Waals surface area contributed by atoms with Crippen molar-refractivity contribution in [3.8, 4) is 0 Å². The van der Waals surface area contributed by atoms with Crippen molar-refractivity contribution in [1.29, 1.82) is 0 Å². The molecule has 3 rings (SSSR count). The van der Waals surface area contributed by atoms with Crippen molar-refractivity contribution in [2.45, 2.75) is 24.6 Å². The van der Waals surface area contributed by atoms with Gasteiger partial charge in [-0.25, -0.2) is 9.97 Å². The lowest BCUT2D eigenvalue weighted by Crippen LogP contribution is -2.58. The van der Waals surface area contributed by atoms with E-state index in [1.165, 1.54) is 7.11 Å². The third-order valence-electron chi connectivity index (χ3n) is 4.76. The summed E-state index contributed by atoms with van der Waals surface area (Å²) in [5, 5.41) is 0. The van der Waals surface area contributed by atoms with Crippen LogP contribution < -0.4 is 4.90 Å². The lowest BCUT2D eigenvalue weighted by molar-refractivity contribution is -0.143. The summed E-state index contributed by atoms with van der Waals surface area (Å²) in [5.41, 5.74) is -1.46. The van der Waals surface area contributed by atoms with Gasteiger partial charge in [-0.05, 0) is 18.9 Å². The van der Waals surface area contributed by atoms with E-state index in [0.717, 1.165) is 12.3 Å². The van der Waals surface area contributed by atoms with Crippen LogP contribution in [-0.4, -0.2) is 72.9 Å². The molecule has 0 aromatic carbocycles. The maximum Gasteiger partial charge on any atom is 0.433 e. The fourth-order valence-corrected chi connectivity index (χ4v) is 3.36. The average Bonchev–Trinajstić information content (AvgIpc) is 2.62. The molecule has 1 aromatic heterocycles. The number of morpholine rings is 1. The smallest absolute Gasteiger partial charge is 0.375 e. The number of nitrogens with zero attached hydrogens (tertiary/aromatic N) is 4. The molecule has 0 radical (unpaired) electrons. The number of carbonyl (C=O) groups is 1. The Balaban J connectivity index is 1.68. The summed E-state index contributed by atoms with van der Waals surface area (Å²) in [5.74, 6) is -0.0170. The van der Waals surface area contributed by atoms with E-state index in [0.29, 0.717) is 45.6 Å². The van der Waals surface area contributed by atoms with E-state index in [-0.39, 0.29) is 18.5 Å². The average molecular weight is 374 g/mol. The summed E-state index contributed by atoms with van der Waals surface area (Å²) < 4.78 is 49.5. The lowest BCUT2D eigenvalue weighted by Gasteiger charge is -2.47. The molecule has 144 valence electrons. The summed E-state index contributed by atoms with van der Waals surface area (Å²) in [7, 11) is 1.47. The molecule has 7 nitrogen and oxygen atoms in total. The number of likely N-dealkylation sites (tertiary alicyclic amines) is 1. The van der Waals surface area contributed by atoms with Gasteiger partial charge in [-0.1, -0.05) is 0 Å². The van der Waals surface area contributed by atoms with Gasteiger partial charge < -0.3 is 19.3 Å². The van der Waals surface area contributed by atoms with E-state index < -0.39 is 17.5 Å². The SMILES string of the molecule is COCC(=O)N1CCC2(CC1)CN(c1nccc(C(F)(F)F)n1)CCO2. The van der Waals surface area contributed by atoms with E-state index in [2.05, 4.69) is 9.97 Å². The number of hydrogen-bond donors (Lipinski definition) is 0. The van der Waals surface area contributed by atoms with Crippen LogP contribution in [0.15, 0.2) is 12.3 Å². The minimum atomic E-state index is -4.51. The highest BCUT2D eigenvalue weighted by Gasteiger charge is 2.41. The molecule has 1 aromatic rings. The zero-order valence-corrected chi connectivity index (χ0v) is 14.5. The Labute approximate surface area is 149 Å². The minimum Gasteiger partial charge on any atom is -0.375 e. The van der Waals surface area contributed by atoms with E-state index in [1.54, 1.807) is 9.80 Å². The van der Waals surface area contributed by atoms with Gasteiger partial charge in [-0.2, -0.15) is 13.2 Å². The number of hydrogen-bond acceptors (Lipinski definition) is 6. The predicted molar refractivity (Wildman–Crippen MR) is 85.6 cm³/mol. The van der Waals surface area contributed by atoms with Crippen molar-refractivity contribution in [3.63, 3.8) is 0 Å². The van der Waals surface area contributed by atoms with Crippen LogP contribution in [0.25, 0.3) is 0 Å². The van der Waals surface area contributed by atoms with Crippen LogP contribution in [-0.2, 0) is 20.4 Å². The second-order valence-corrected chi connectivity index (χ2v) is 6.51. The van der Waals surface area contributed by atoms with E-state index in [1.807, 2.05) is 0 Å². The fourth-order valence-electron chi connectivity index (χ4n) is 3.36. The van der Waals surface area contributed by atoms with E-state index in [4.69, 9.17) is 9.47 Å². The van der Waals surface area contributed by atoms with Crippen LogP contribution in [0, 0.1) is 0 Å². The molecule has 2 aliphatic rings. The number of methoxy groups -OCH3 is 1. The molecule has 2 aliphatic heterocycles. The molecule has 1 spiro atoms. The molecule has 0 atom stereocenters. The Kier molecular flexibility index (Phi) is 5.33. The molecule has 2 fully saturated rings. The molecule has 26 heavy (non-hydrogen) atoms. The molecule has 2 saturated heterocycles. The van der Waals surface area contributed by atoms with E-state index >= 15 is 0 Å². The van der Waals surface area contributed by atoms with Gasteiger partial charge in [-0.3, -0.25) is 4.79 Å². The van der Waals surface area contributed by atoms with Crippen molar-refractivity contribution in [3.05, 3.63) is 18.0 Å². The van der Waals surface area contributed by atoms with Gasteiger partial charge in [0.15, 0.2) is 0 Å². The number of halogens is 3. The highest BCUT2D eigenvalue weighted by molar-refractivity contribution is 5.77. The van der Waals surface area contributed by atoms with Gasteiger partial charge in [0, 0.05) is 32.9 Å². The monoisotopic (exact) mass is 374 g/mol. The summed E-state index contributed by atoms with van der Waals surface area (Å²) in [6, 6.07) is 0.861. The number of alkyl halides is 3. The van der Waals surface area contributed by atoms with Gasteiger partial charge in [-0.15, -0.1) is 0 Å². The first-order valence-corrected chi connectivity index (χ1v) is 8.39. The molecule has 0 saturated carbocycles. The number of aromatic nitrogens is 2.